The van der Waals surface area contributed by atoms with Gasteiger partial charge in [-0.25, -0.2) is 0 Å². The summed E-state index contributed by atoms with van der Waals surface area (Å²) in [4.78, 5) is 27.5. The van der Waals surface area contributed by atoms with Crippen molar-refractivity contribution in [3.05, 3.63) is 24.3 Å². The highest BCUT2D eigenvalue weighted by Gasteiger charge is 2.32. The lowest BCUT2D eigenvalue weighted by Gasteiger charge is -2.36. The van der Waals surface area contributed by atoms with Gasteiger partial charge < -0.3 is 15.5 Å². The normalized spacial score (nSPS) is 23.1. The first-order chi connectivity index (χ1) is 14.2. The molecule has 0 bridgehead atoms. The van der Waals surface area contributed by atoms with Gasteiger partial charge in [0, 0.05) is 42.8 Å². The number of amides is 2. The maximum Gasteiger partial charge on any atom is 0.226 e. The Balaban J connectivity index is 1.43. The molecular formula is C25H39N3O2. The zero-order valence-electron chi connectivity index (χ0n) is 19.2. The van der Waals surface area contributed by atoms with Crippen molar-refractivity contribution in [2.75, 3.05) is 23.3 Å². The summed E-state index contributed by atoms with van der Waals surface area (Å²) in [5.41, 5.74) is 2.31. The van der Waals surface area contributed by atoms with Crippen LogP contribution in [0.15, 0.2) is 24.3 Å². The van der Waals surface area contributed by atoms with Gasteiger partial charge in [0.25, 0.3) is 0 Å². The molecule has 5 heteroatoms. The van der Waals surface area contributed by atoms with Crippen molar-refractivity contribution < 1.29 is 9.59 Å². The predicted octanol–water partition coefficient (Wildman–Crippen LogP) is 4.97. The highest BCUT2D eigenvalue weighted by atomic mass is 16.2. The van der Waals surface area contributed by atoms with Gasteiger partial charge in [-0.2, -0.15) is 0 Å². The molecule has 2 amide bonds. The van der Waals surface area contributed by atoms with Crippen LogP contribution in [0.5, 0.6) is 0 Å². The Labute approximate surface area is 182 Å². The van der Waals surface area contributed by atoms with Gasteiger partial charge >= 0.3 is 0 Å². The molecule has 1 aliphatic heterocycles. The zero-order chi connectivity index (χ0) is 21.7. The van der Waals surface area contributed by atoms with Gasteiger partial charge in [-0.05, 0) is 75.0 Å². The average molecular weight is 414 g/mol. The van der Waals surface area contributed by atoms with Gasteiger partial charge in [0.05, 0.1) is 0 Å². The van der Waals surface area contributed by atoms with Crippen molar-refractivity contribution in [3.8, 4) is 0 Å². The Bertz CT molecular complexity index is 726. The monoisotopic (exact) mass is 413 g/mol. The van der Waals surface area contributed by atoms with E-state index in [4.69, 9.17) is 0 Å². The fraction of sp³-hybridized carbons (Fsp3) is 0.680. The highest BCUT2D eigenvalue weighted by molar-refractivity contribution is 5.92. The van der Waals surface area contributed by atoms with Crippen LogP contribution in [0.2, 0.25) is 0 Å². The Morgan fingerprint density at radius 3 is 2.40 bits per heavy atom. The second-order valence-electron chi connectivity index (χ2n) is 10.3. The SMILES string of the molecule is CC(CC(=O)Nc1cccc(N2CCCC2)c1)NC(=O)C1CCC(C(C)(C)C)CC1. The molecule has 1 saturated heterocycles. The van der Waals surface area contributed by atoms with E-state index in [9.17, 15) is 9.59 Å². The van der Waals surface area contributed by atoms with E-state index in [1.165, 1.54) is 12.8 Å². The van der Waals surface area contributed by atoms with Gasteiger partial charge in [-0.1, -0.05) is 26.8 Å². The number of anilines is 2. The summed E-state index contributed by atoms with van der Waals surface area (Å²) < 4.78 is 0. The molecule has 1 aromatic carbocycles. The number of carbonyl (C=O) groups is 2. The van der Waals surface area contributed by atoms with E-state index in [-0.39, 0.29) is 30.2 Å². The summed E-state index contributed by atoms with van der Waals surface area (Å²) in [6.45, 7) is 11.0. The molecule has 2 N–H and O–H groups in total. The number of benzene rings is 1. The Morgan fingerprint density at radius 2 is 1.77 bits per heavy atom. The minimum absolute atomic E-state index is 0.0576. The first-order valence-corrected chi connectivity index (χ1v) is 11.7. The van der Waals surface area contributed by atoms with E-state index < -0.39 is 0 Å². The van der Waals surface area contributed by atoms with Crippen LogP contribution < -0.4 is 15.5 Å². The Kier molecular flexibility index (Phi) is 7.43. The van der Waals surface area contributed by atoms with E-state index in [1.54, 1.807) is 0 Å². The average Bonchev–Trinajstić information content (AvgIpc) is 3.22. The molecule has 5 nitrogen and oxygen atoms in total. The number of hydrogen-bond acceptors (Lipinski definition) is 3. The maximum atomic E-state index is 12.6. The molecule has 0 aromatic heterocycles. The summed E-state index contributed by atoms with van der Waals surface area (Å²) in [6, 6.07) is 7.88. The predicted molar refractivity (Wildman–Crippen MR) is 124 cm³/mol. The number of carbonyl (C=O) groups excluding carboxylic acids is 2. The van der Waals surface area contributed by atoms with Crippen molar-refractivity contribution in [1.82, 2.24) is 5.32 Å². The molecule has 1 atom stereocenters. The van der Waals surface area contributed by atoms with Crippen molar-refractivity contribution in [1.29, 1.82) is 0 Å². The summed E-state index contributed by atoms with van der Waals surface area (Å²) >= 11 is 0. The largest absolute Gasteiger partial charge is 0.371 e. The molecule has 1 unspecified atom stereocenters. The van der Waals surface area contributed by atoms with Crippen molar-refractivity contribution in [3.63, 3.8) is 0 Å². The van der Waals surface area contributed by atoms with Gasteiger partial charge in [0.15, 0.2) is 0 Å². The van der Waals surface area contributed by atoms with Crippen LogP contribution >= 0.6 is 0 Å². The highest BCUT2D eigenvalue weighted by Crippen LogP contribution is 2.39. The third-order valence-corrected chi connectivity index (χ3v) is 6.80. The van der Waals surface area contributed by atoms with Gasteiger partial charge in [-0.15, -0.1) is 0 Å². The first-order valence-electron chi connectivity index (χ1n) is 11.7. The van der Waals surface area contributed by atoms with Crippen LogP contribution in [-0.4, -0.2) is 30.9 Å². The van der Waals surface area contributed by atoms with E-state index >= 15 is 0 Å². The van der Waals surface area contributed by atoms with Crippen LogP contribution in [0.3, 0.4) is 0 Å². The molecule has 1 aromatic rings. The number of nitrogens with one attached hydrogen (secondary N) is 2. The molecule has 0 radical (unpaired) electrons. The quantitative estimate of drug-likeness (QED) is 0.692. The van der Waals surface area contributed by atoms with Gasteiger partial charge in [-0.3, -0.25) is 9.59 Å². The zero-order valence-corrected chi connectivity index (χ0v) is 19.2. The van der Waals surface area contributed by atoms with E-state index in [0.717, 1.165) is 50.1 Å². The lowest BCUT2D eigenvalue weighted by atomic mass is 9.69. The van der Waals surface area contributed by atoms with Gasteiger partial charge in [0.1, 0.15) is 0 Å². The Hall–Kier alpha value is -2.04. The second-order valence-corrected chi connectivity index (χ2v) is 10.3. The fourth-order valence-electron chi connectivity index (χ4n) is 4.88. The van der Waals surface area contributed by atoms with Crippen molar-refractivity contribution in [2.24, 2.45) is 17.3 Å². The fourth-order valence-corrected chi connectivity index (χ4v) is 4.88. The number of nitrogens with zero attached hydrogens (tertiary/aromatic N) is 1. The minimum atomic E-state index is -0.167. The smallest absolute Gasteiger partial charge is 0.226 e. The molecule has 0 spiro atoms. The van der Waals surface area contributed by atoms with Crippen LogP contribution in [0, 0.1) is 17.3 Å². The molecule has 3 rings (SSSR count). The van der Waals surface area contributed by atoms with Crippen LogP contribution in [0.4, 0.5) is 11.4 Å². The first kappa shape index (κ1) is 22.6. The summed E-state index contributed by atoms with van der Waals surface area (Å²) in [6.07, 6.45) is 6.88. The molecule has 2 aliphatic rings. The summed E-state index contributed by atoms with van der Waals surface area (Å²) in [5, 5.41) is 6.06. The van der Waals surface area contributed by atoms with E-state index in [2.05, 4.69) is 42.4 Å². The van der Waals surface area contributed by atoms with Crippen LogP contribution in [0.1, 0.15) is 72.6 Å². The standard InChI is InChI=1S/C25H39N3O2/c1-18(26-24(30)19-10-12-20(13-11-19)25(2,3)4)16-23(29)27-21-8-7-9-22(17-21)28-14-5-6-15-28/h7-9,17-20H,5-6,10-16H2,1-4H3,(H,26,30)(H,27,29). The lowest BCUT2D eigenvalue weighted by Crippen LogP contribution is -2.41. The van der Waals surface area contributed by atoms with Gasteiger partial charge in [0.2, 0.25) is 11.8 Å². The molecule has 2 fully saturated rings. The molecular weight excluding hydrogens is 374 g/mol. The topological polar surface area (TPSA) is 61.4 Å². The molecule has 1 saturated carbocycles. The number of rotatable bonds is 6. The number of hydrogen-bond donors (Lipinski definition) is 2. The Morgan fingerprint density at radius 1 is 1.10 bits per heavy atom. The van der Waals surface area contributed by atoms with Crippen LogP contribution in [0.25, 0.3) is 0 Å². The second kappa shape index (κ2) is 9.84. The summed E-state index contributed by atoms with van der Waals surface area (Å²) in [7, 11) is 0. The third kappa shape index (κ3) is 6.23. The lowest BCUT2D eigenvalue weighted by molar-refractivity contribution is -0.127. The van der Waals surface area contributed by atoms with Crippen molar-refractivity contribution >= 4 is 23.2 Å². The van der Waals surface area contributed by atoms with Crippen LogP contribution in [-0.2, 0) is 9.59 Å². The molecule has 166 valence electrons. The molecule has 1 aliphatic carbocycles. The maximum absolute atomic E-state index is 12.6. The van der Waals surface area contributed by atoms with E-state index in [0.29, 0.717) is 11.3 Å². The molecule has 30 heavy (non-hydrogen) atoms. The van der Waals surface area contributed by atoms with E-state index in [1.807, 2.05) is 25.1 Å². The summed E-state index contributed by atoms with van der Waals surface area (Å²) in [5.74, 6) is 0.837. The third-order valence-electron chi connectivity index (χ3n) is 6.80. The molecule has 1 heterocycles. The van der Waals surface area contributed by atoms with Crippen molar-refractivity contribution in [2.45, 2.75) is 78.7 Å². The minimum Gasteiger partial charge on any atom is -0.371 e.